The van der Waals surface area contributed by atoms with Crippen LogP contribution in [0.3, 0.4) is 0 Å². The van der Waals surface area contributed by atoms with E-state index in [0.717, 1.165) is 15.7 Å². The van der Waals surface area contributed by atoms with Crippen LogP contribution in [-0.4, -0.2) is 23.1 Å². The lowest BCUT2D eigenvalue weighted by atomic mass is 9.91. The van der Waals surface area contributed by atoms with Gasteiger partial charge in [-0.25, -0.2) is 4.79 Å². The molecule has 0 spiro atoms. The molecule has 1 aromatic rings. The number of anilines is 1. The van der Waals surface area contributed by atoms with E-state index in [1.54, 1.807) is 4.90 Å². The van der Waals surface area contributed by atoms with Gasteiger partial charge >= 0.3 is 6.09 Å². The monoisotopic (exact) mass is 326 g/mol. The summed E-state index contributed by atoms with van der Waals surface area (Å²) in [6.07, 6.45) is -0.491. The van der Waals surface area contributed by atoms with Gasteiger partial charge in [-0.2, -0.15) is 0 Å². The van der Waals surface area contributed by atoms with E-state index in [2.05, 4.69) is 21.2 Å². The molecule has 1 aliphatic heterocycles. The van der Waals surface area contributed by atoms with E-state index in [1.165, 1.54) is 6.92 Å². The van der Waals surface area contributed by atoms with Gasteiger partial charge < -0.3 is 15.3 Å². The van der Waals surface area contributed by atoms with E-state index in [4.69, 9.17) is 5.11 Å². The van der Waals surface area contributed by atoms with Gasteiger partial charge in [-0.3, -0.25) is 4.79 Å². The fourth-order valence-corrected chi connectivity index (χ4v) is 2.98. The molecule has 0 fully saturated rings. The second-order valence-electron chi connectivity index (χ2n) is 4.68. The second-order valence-corrected chi connectivity index (χ2v) is 5.59. The van der Waals surface area contributed by atoms with E-state index in [0.29, 0.717) is 6.42 Å². The predicted molar refractivity (Wildman–Crippen MR) is 75.3 cm³/mol. The standard InChI is InChI=1S/C13H15BrN2O3/c1-7-5-11(15-13(18)19)10-6-9(14)3-4-12(10)16(7)8(2)17/h3-4,6-7,11,15H,5H2,1-2H3,(H,18,19). The molecule has 102 valence electrons. The molecule has 2 N–H and O–H groups in total. The third kappa shape index (κ3) is 2.73. The summed E-state index contributed by atoms with van der Waals surface area (Å²) >= 11 is 3.38. The average molecular weight is 327 g/mol. The van der Waals surface area contributed by atoms with Gasteiger partial charge in [-0.15, -0.1) is 0 Å². The minimum absolute atomic E-state index is 0.0372. The number of benzene rings is 1. The van der Waals surface area contributed by atoms with Crippen LogP contribution in [0.2, 0.25) is 0 Å². The van der Waals surface area contributed by atoms with Crippen molar-refractivity contribution < 1.29 is 14.7 Å². The molecule has 2 atom stereocenters. The summed E-state index contributed by atoms with van der Waals surface area (Å²) in [5.41, 5.74) is 1.60. The van der Waals surface area contributed by atoms with Crippen molar-refractivity contribution in [3.63, 3.8) is 0 Å². The van der Waals surface area contributed by atoms with Crippen LogP contribution in [0.4, 0.5) is 10.5 Å². The predicted octanol–water partition coefficient (Wildman–Crippen LogP) is 2.90. The first kappa shape index (κ1) is 13.9. The van der Waals surface area contributed by atoms with Crippen molar-refractivity contribution in [3.05, 3.63) is 28.2 Å². The average Bonchev–Trinajstić information content (AvgIpc) is 2.28. The molecule has 0 aliphatic carbocycles. The summed E-state index contributed by atoms with van der Waals surface area (Å²) < 4.78 is 0.862. The van der Waals surface area contributed by atoms with E-state index < -0.39 is 6.09 Å². The Balaban J connectivity index is 2.49. The van der Waals surface area contributed by atoms with Gasteiger partial charge in [0.2, 0.25) is 5.91 Å². The minimum Gasteiger partial charge on any atom is -0.465 e. The first-order valence-corrected chi connectivity index (χ1v) is 6.78. The van der Waals surface area contributed by atoms with Gasteiger partial charge in [0.1, 0.15) is 0 Å². The topological polar surface area (TPSA) is 69.6 Å². The van der Waals surface area contributed by atoms with Gasteiger partial charge in [0.05, 0.1) is 6.04 Å². The lowest BCUT2D eigenvalue weighted by Crippen LogP contribution is -2.45. The molecule has 5 nitrogen and oxygen atoms in total. The van der Waals surface area contributed by atoms with Crippen molar-refractivity contribution in [1.82, 2.24) is 5.32 Å². The Labute approximate surface area is 119 Å². The van der Waals surface area contributed by atoms with Crippen LogP contribution in [0.5, 0.6) is 0 Å². The van der Waals surface area contributed by atoms with Crippen molar-refractivity contribution in [2.75, 3.05) is 4.90 Å². The molecule has 1 aliphatic rings. The Kier molecular flexibility index (Phi) is 3.80. The number of hydrogen-bond donors (Lipinski definition) is 2. The number of carbonyl (C=O) groups is 2. The first-order chi connectivity index (χ1) is 8.90. The summed E-state index contributed by atoms with van der Waals surface area (Å²) in [5.74, 6) is -0.0372. The number of nitrogens with one attached hydrogen (secondary N) is 1. The molecule has 0 aromatic heterocycles. The maximum atomic E-state index is 11.8. The normalized spacial score (nSPS) is 21.7. The zero-order chi connectivity index (χ0) is 14.2. The lowest BCUT2D eigenvalue weighted by molar-refractivity contribution is -0.117. The summed E-state index contributed by atoms with van der Waals surface area (Å²) in [6.45, 7) is 3.44. The number of hydrogen-bond acceptors (Lipinski definition) is 2. The molecule has 0 bridgehead atoms. The van der Waals surface area contributed by atoms with Crippen molar-refractivity contribution in [2.45, 2.75) is 32.4 Å². The Hall–Kier alpha value is -1.56. The Morgan fingerprint density at radius 1 is 1.47 bits per heavy atom. The zero-order valence-corrected chi connectivity index (χ0v) is 12.3. The maximum absolute atomic E-state index is 11.8. The number of rotatable bonds is 1. The first-order valence-electron chi connectivity index (χ1n) is 5.99. The third-order valence-corrected chi connectivity index (χ3v) is 3.77. The van der Waals surface area contributed by atoms with Crippen LogP contribution in [0.25, 0.3) is 0 Å². The summed E-state index contributed by atoms with van der Waals surface area (Å²) in [5, 5.41) is 11.4. The van der Waals surface area contributed by atoms with E-state index in [9.17, 15) is 9.59 Å². The van der Waals surface area contributed by atoms with Gasteiger partial charge in [0.15, 0.2) is 0 Å². The van der Waals surface area contributed by atoms with Gasteiger partial charge in [0.25, 0.3) is 0 Å². The number of carbonyl (C=O) groups excluding carboxylic acids is 1. The van der Waals surface area contributed by atoms with Crippen LogP contribution in [0.1, 0.15) is 31.9 Å². The smallest absolute Gasteiger partial charge is 0.405 e. The molecule has 6 heteroatoms. The summed E-state index contributed by atoms with van der Waals surface area (Å²) in [7, 11) is 0. The highest BCUT2D eigenvalue weighted by Gasteiger charge is 2.33. The molecule has 0 saturated heterocycles. The molecule has 2 amide bonds. The largest absolute Gasteiger partial charge is 0.465 e. The Morgan fingerprint density at radius 3 is 2.74 bits per heavy atom. The van der Waals surface area contributed by atoms with Gasteiger partial charge in [-0.05, 0) is 37.1 Å². The highest BCUT2D eigenvalue weighted by Crippen LogP contribution is 2.38. The molecule has 2 unspecified atom stereocenters. The second kappa shape index (κ2) is 5.21. The highest BCUT2D eigenvalue weighted by atomic mass is 79.9. The SMILES string of the molecule is CC(=O)N1c2ccc(Br)cc2C(NC(=O)O)CC1C. The molecular weight excluding hydrogens is 312 g/mol. The van der Waals surface area contributed by atoms with Crippen LogP contribution in [0, 0.1) is 0 Å². The zero-order valence-electron chi connectivity index (χ0n) is 10.7. The summed E-state index contributed by atoms with van der Waals surface area (Å²) in [6, 6.07) is 5.22. The fraction of sp³-hybridized carbons (Fsp3) is 0.385. The van der Waals surface area contributed by atoms with Crippen molar-refractivity contribution >= 4 is 33.6 Å². The molecule has 1 aromatic carbocycles. The van der Waals surface area contributed by atoms with Crippen LogP contribution < -0.4 is 10.2 Å². The number of amides is 2. The number of halogens is 1. The number of carboxylic acid groups (broad SMARTS) is 1. The molecule has 2 rings (SSSR count). The summed E-state index contributed by atoms with van der Waals surface area (Å²) in [4.78, 5) is 24.4. The Bertz CT molecular complexity index is 533. The maximum Gasteiger partial charge on any atom is 0.405 e. The highest BCUT2D eigenvalue weighted by molar-refractivity contribution is 9.10. The van der Waals surface area contributed by atoms with Crippen LogP contribution >= 0.6 is 15.9 Å². The molecule has 0 radical (unpaired) electrons. The Morgan fingerprint density at radius 2 is 2.16 bits per heavy atom. The molecule has 0 saturated carbocycles. The number of fused-ring (bicyclic) bond motifs is 1. The quantitative estimate of drug-likeness (QED) is 0.833. The van der Waals surface area contributed by atoms with Crippen LogP contribution in [0.15, 0.2) is 22.7 Å². The van der Waals surface area contributed by atoms with E-state index in [1.807, 2.05) is 25.1 Å². The molecule has 19 heavy (non-hydrogen) atoms. The van der Waals surface area contributed by atoms with Crippen molar-refractivity contribution in [3.8, 4) is 0 Å². The van der Waals surface area contributed by atoms with Crippen molar-refractivity contribution in [2.24, 2.45) is 0 Å². The van der Waals surface area contributed by atoms with Crippen molar-refractivity contribution in [1.29, 1.82) is 0 Å². The van der Waals surface area contributed by atoms with Crippen LogP contribution in [-0.2, 0) is 4.79 Å². The van der Waals surface area contributed by atoms with Gasteiger partial charge in [0, 0.05) is 23.1 Å². The van der Waals surface area contributed by atoms with Gasteiger partial charge in [-0.1, -0.05) is 15.9 Å². The van der Waals surface area contributed by atoms with E-state index in [-0.39, 0.29) is 18.0 Å². The van der Waals surface area contributed by atoms with E-state index >= 15 is 0 Å². The minimum atomic E-state index is -1.06. The number of nitrogens with zero attached hydrogens (tertiary/aromatic N) is 1. The third-order valence-electron chi connectivity index (χ3n) is 3.28. The lowest BCUT2D eigenvalue weighted by Gasteiger charge is -2.38. The molecule has 1 heterocycles. The molecular formula is C13H15BrN2O3. The fourth-order valence-electron chi connectivity index (χ4n) is 2.60.